The summed E-state index contributed by atoms with van der Waals surface area (Å²) in [6.45, 7) is 0. The largest absolute Gasteiger partial charge is 0.469 e. The zero-order chi connectivity index (χ0) is 14.8. The Labute approximate surface area is 121 Å². The van der Waals surface area contributed by atoms with E-state index in [4.69, 9.17) is 4.74 Å². The van der Waals surface area contributed by atoms with Crippen LogP contribution in [0.1, 0.15) is 29.6 Å². The van der Waals surface area contributed by atoms with Crippen LogP contribution in [0.5, 0.6) is 0 Å². The van der Waals surface area contributed by atoms with Crippen LogP contribution in [0.2, 0.25) is 0 Å². The van der Waals surface area contributed by atoms with Crippen LogP contribution in [-0.4, -0.2) is 40.0 Å². The van der Waals surface area contributed by atoms with Gasteiger partial charge in [0, 0.05) is 12.2 Å². The van der Waals surface area contributed by atoms with Crippen LogP contribution in [0.4, 0.5) is 0 Å². The molecule has 1 aliphatic rings. The van der Waals surface area contributed by atoms with E-state index in [1.54, 1.807) is 12.3 Å². The van der Waals surface area contributed by atoms with Gasteiger partial charge in [0.25, 0.3) is 5.91 Å². The van der Waals surface area contributed by atoms with Crippen molar-refractivity contribution in [1.82, 2.24) is 20.3 Å². The fourth-order valence-corrected chi connectivity index (χ4v) is 2.79. The molecule has 0 spiro atoms. The first kappa shape index (κ1) is 13.5. The number of carbonyl (C=O) groups is 2. The number of hydrogen-bond acceptors (Lipinski definition) is 5. The summed E-state index contributed by atoms with van der Waals surface area (Å²) in [4.78, 5) is 34.9. The van der Waals surface area contributed by atoms with Gasteiger partial charge in [-0.2, -0.15) is 0 Å². The van der Waals surface area contributed by atoms with Gasteiger partial charge in [-0.3, -0.25) is 9.59 Å². The summed E-state index contributed by atoms with van der Waals surface area (Å²) >= 11 is 0. The number of nitrogens with zero attached hydrogens (tertiary/aromatic N) is 2. The number of ether oxygens (including phenoxy) is 1. The first-order valence-corrected chi connectivity index (χ1v) is 6.86. The van der Waals surface area contributed by atoms with Gasteiger partial charge in [0.15, 0.2) is 5.65 Å². The molecule has 0 unspecified atom stereocenters. The number of amides is 1. The van der Waals surface area contributed by atoms with Crippen molar-refractivity contribution >= 4 is 23.0 Å². The maximum absolute atomic E-state index is 12.4. The smallest absolute Gasteiger partial charge is 0.308 e. The number of aromatic nitrogens is 3. The van der Waals surface area contributed by atoms with Crippen molar-refractivity contribution in [2.24, 2.45) is 5.92 Å². The normalized spacial score (nSPS) is 21.4. The molecule has 1 fully saturated rings. The number of carbonyl (C=O) groups excluding carboxylic acids is 2. The molecular weight excluding hydrogens is 272 g/mol. The van der Waals surface area contributed by atoms with E-state index in [0.29, 0.717) is 23.1 Å². The van der Waals surface area contributed by atoms with E-state index >= 15 is 0 Å². The molecule has 2 heterocycles. The molecule has 0 aromatic carbocycles. The van der Waals surface area contributed by atoms with Crippen LogP contribution < -0.4 is 5.32 Å². The Balaban J connectivity index is 1.70. The molecule has 2 N–H and O–H groups in total. The highest BCUT2D eigenvalue weighted by atomic mass is 16.5. The molecule has 2 aromatic heterocycles. The van der Waals surface area contributed by atoms with Gasteiger partial charge in [0.05, 0.1) is 30.4 Å². The monoisotopic (exact) mass is 288 g/mol. The summed E-state index contributed by atoms with van der Waals surface area (Å²) in [7, 11) is 1.39. The summed E-state index contributed by atoms with van der Waals surface area (Å²) in [6.07, 6.45) is 5.22. The van der Waals surface area contributed by atoms with Crippen molar-refractivity contribution in [2.45, 2.75) is 25.3 Å². The number of rotatable bonds is 3. The van der Waals surface area contributed by atoms with E-state index in [1.807, 2.05) is 0 Å². The maximum atomic E-state index is 12.4. The third-order valence-electron chi connectivity index (χ3n) is 3.87. The molecule has 110 valence electrons. The SMILES string of the molecule is COC(=O)[C@H]1CC[C@@H](NC(=O)c2ccnc3nc[nH]c23)C1. The van der Waals surface area contributed by atoms with Crippen molar-refractivity contribution in [3.8, 4) is 0 Å². The van der Waals surface area contributed by atoms with Crippen molar-refractivity contribution in [2.75, 3.05) is 7.11 Å². The topological polar surface area (TPSA) is 97.0 Å². The summed E-state index contributed by atoms with van der Waals surface area (Å²) in [5.41, 5.74) is 1.65. The second-order valence-corrected chi connectivity index (χ2v) is 5.16. The highest BCUT2D eigenvalue weighted by Crippen LogP contribution is 2.27. The fourth-order valence-electron chi connectivity index (χ4n) is 2.79. The van der Waals surface area contributed by atoms with E-state index in [-0.39, 0.29) is 23.8 Å². The lowest BCUT2D eigenvalue weighted by Crippen LogP contribution is -2.33. The van der Waals surface area contributed by atoms with Crippen molar-refractivity contribution in [1.29, 1.82) is 0 Å². The van der Waals surface area contributed by atoms with Crippen molar-refractivity contribution < 1.29 is 14.3 Å². The Hall–Kier alpha value is -2.44. The van der Waals surface area contributed by atoms with E-state index in [0.717, 1.165) is 12.8 Å². The van der Waals surface area contributed by atoms with Crippen LogP contribution in [0.25, 0.3) is 11.2 Å². The Morgan fingerprint density at radius 3 is 3.05 bits per heavy atom. The van der Waals surface area contributed by atoms with Crippen LogP contribution in [0, 0.1) is 5.92 Å². The minimum atomic E-state index is -0.202. The Kier molecular flexibility index (Phi) is 3.55. The first-order chi connectivity index (χ1) is 10.2. The van der Waals surface area contributed by atoms with Gasteiger partial charge < -0.3 is 15.0 Å². The third kappa shape index (κ3) is 2.58. The number of hydrogen-bond donors (Lipinski definition) is 2. The van der Waals surface area contributed by atoms with Crippen molar-refractivity contribution in [3.63, 3.8) is 0 Å². The lowest BCUT2D eigenvalue weighted by molar-refractivity contribution is -0.145. The zero-order valence-corrected chi connectivity index (χ0v) is 11.6. The highest BCUT2D eigenvalue weighted by Gasteiger charge is 2.31. The predicted molar refractivity (Wildman–Crippen MR) is 74.5 cm³/mol. The maximum Gasteiger partial charge on any atom is 0.308 e. The predicted octanol–water partition coefficient (Wildman–Crippen LogP) is 1.03. The second kappa shape index (κ2) is 5.51. The molecule has 0 aliphatic heterocycles. The first-order valence-electron chi connectivity index (χ1n) is 6.86. The summed E-state index contributed by atoms with van der Waals surface area (Å²) < 4.78 is 4.75. The molecule has 0 bridgehead atoms. The van der Waals surface area contributed by atoms with Crippen molar-refractivity contribution in [3.05, 3.63) is 24.2 Å². The lowest BCUT2D eigenvalue weighted by atomic mass is 10.1. The Morgan fingerprint density at radius 1 is 1.38 bits per heavy atom. The van der Waals surface area contributed by atoms with Crippen LogP contribution in [0.15, 0.2) is 18.6 Å². The average Bonchev–Trinajstić information content (AvgIpc) is 3.14. The molecule has 2 aromatic rings. The summed E-state index contributed by atoms with van der Waals surface area (Å²) in [6, 6.07) is 1.65. The summed E-state index contributed by atoms with van der Waals surface area (Å²) in [5, 5.41) is 2.96. The molecule has 3 rings (SSSR count). The standard InChI is InChI=1S/C14H16N4O3/c1-21-14(20)8-2-3-9(6-8)18-13(19)10-4-5-15-12-11(10)16-7-17-12/h4-5,7-9H,2-3,6H2,1H3,(H,18,19)(H,15,16,17)/t8-,9+/m0/s1. The number of aromatic amines is 1. The van der Waals surface area contributed by atoms with Gasteiger partial charge in [-0.15, -0.1) is 0 Å². The third-order valence-corrected chi connectivity index (χ3v) is 3.87. The van der Waals surface area contributed by atoms with E-state index in [9.17, 15) is 9.59 Å². The molecule has 21 heavy (non-hydrogen) atoms. The minimum Gasteiger partial charge on any atom is -0.469 e. The van der Waals surface area contributed by atoms with Gasteiger partial charge in [-0.05, 0) is 25.3 Å². The molecule has 1 amide bonds. The second-order valence-electron chi connectivity index (χ2n) is 5.16. The Bertz CT molecular complexity index is 682. The highest BCUT2D eigenvalue weighted by molar-refractivity contribution is 6.04. The molecule has 7 heteroatoms. The zero-order valence-electron chi connectivity index (χ0n) is 11.6. The number of nitrogens with one attached hydrogen (secondary N) is 2. The molecule has 0 radical (unpaired) electrons. The number of pyridine rings is 1. The summed E-state index contributed by atoms with van der Waals surface area (Å²) in [5.74, 6) is -0.501. The van der Waals surface area contributed by atoms with Crippen LogP contribution in [0.3, 0.4) is 0 Å². The van der Waals surface area contributed by atoms with Gasteiger partial charge in [0.1, 0.15) is 0 Å². The lowest BCUT2D eigenvalue weighted by Gasteiger charge is -2.13. The van der Waals surface area contributed by atoms with Crippen LogP contribution >= 0.6 is 0 Å². The van der Waals surface area contributed by atoms with E-state index in [1.165, 1.54) is 13.4 Å². The number of imidazole rings is 1. The minimum absolute atomic E-state index is 0.00673. The molecule has 0 saturated heterocycles. The average molecular weight is 288 g/mol. The Morgan fingerprint density at radius 2 is 2.24 bits per heavy atom. The number of H-pyrrole nitrogens is 1. The molecule has 1 aliphatic carbocycles. The molecular formula is C14H16N4O3. The van der Waals surface area contributed by atoms with E-state index < -0.39 is 0 Å². The number of methoxy groups -OCH3 is 1. The number of esters is 1. The quantitative estimate of drug-likeness (QED) is 0.822. The number of fused-ring (bicyclic) bond motifs is 1. The van der Waals surface area contributed by atoms with Gasteiger partial charge in [0.2, 0.25) is 0 Å². The van der Waals surface area contributed by atoms with Gasteiger partial charge >= 0.3 is 5.97 Å². The van der Waals surface area contributed by atoms with E-state index in [2.05, 4.69) is 20.3 Å². The van der Waals surface area contributed by atoms with Gasteiger partial charge in [-0.25, -0.2) is 9.97 Å². The fraction of sp³-hybridized carbons (Fsp3) is 0.429. The molecule has 1 saturated carbocycles. The van der Waals surface area contributed by atoms with Gasteiger partial charge in [-0.1, -0.05) is 0 Å². The molecule has 7 nitrogen and oxygen atoms in total. The van der Waals surface area contributed by atoms with Crippen LogP contribution in [-0.2, 0) is 9.53 Å². The molecule has 2 atom stereocenters.